The standard InChI is InChI=1S/C24H19F7N4O5/c1-32-11-16(39-21(32)37)12-34-7-8-35(20(34)36)18-10-13(23(26,27)28)9-17(24(29,30)31)19(18)40-22(38)33(2)15-5-3-14(25)4-6-15/h3-10,16H,11-12H2,1-2H3. The molecule has 1 unspecified atom stereocenters. The maximum absolute atomic E-state index is 14.0. The molecule has 40 heavy (non-hydrogen) atoms. The zero-order valence-corrected chi connectivity index (χ0v) is 20.6. The first-order valence-electron chi connectivity index (χ1n) is 11.3. The monoisotopic (exact) mass is 576 g/mol. The van der Waals surface area contributed by atoms with Gasteiger partial charge in [0.25, 0.3) is 0 Å². The third kappa shape index (κ3) is 5.74. The third-order valence-corrected chi connectivity index (χ3v) is 5.94. The van der Waals surface area contributed by atoms with Crippen molar-refractivity contribution >= 4 is 17.9 Å². The number of cyclic esters (lactones) is 1. The normalized spacial score (nSPS) is 15.8. The van der Waals surface area contributed by atoms with Crippen LogP contribution in [0.4, 0.5) is 46.0 Å². The van der Waals surface area contributed by atoms with E-state index in [1.165, 1.54) is 11.9 Å². The van der Waals surface area contributed by atoms with Gasteiger partial charge < -0.3 is 14.4 Å². The average Bonchev–Trinajstić information content (AvgIpc) is 3.38. The number of hydrogen-bond donors (Lipinski definition) is 0. The summed E-state index contributed by atoms with van der Waals surface area (Å²) in [4.78, 5) is 39.4. The summed E-state index contributed by atoms with van der Waals surface area (Å²) in [6.45, 7) is -0.174. The molecule has 0 saturated carbocycles. The van der Waals surface area contributed by atoms with Crippen molar-refractivity contribution in [1.29, 1.82) is 0 Å². The topological polar surface area (TPSA) is 86.0 Å². The molecule has 0 radical (unpaired) electrons. The van der Waals surface area contributed by atoms with Crippen LogP contribution in [0.5, 0.6) is 5.75 Å². The van der Waals surface area contributed by atoms with Crippen LogP contribution in [0, 0.1) is 5.82 Å². The number of likely N-dealkylation sites (N-methyl/N-ethyl adjacent to an activating group) is 1. The highest BCUT2D eigenvalue weighted by atomic mass is 19.4. The Balaban J connectivity index is 1.82. The minimum absolute atomic E-state index is 0.00665. The molecule has 214 valence electrons. The molecule has 0 N–H and O–H groups in total. The van der Waals surface area contributed by atoms with Gasteiger partial charge >= 0.3 is 30.2 Å². The van der Waals surface area contributed by atoms with Crippen LogP contribution in [0.2, 0.25) is 0 Å². The molecule has 16 heteroatoms. The van der Waals surface area contributed by atoms with Crippen molar-refractivity contribution < 1.29 is 49.8 Å². The van der Waals surface area contributed by atoms with Crippen LogP contribution in [0.15, 0.2) is 53.6 Å². The fraction of sp³-hybridized carbons (Fsp3) is 0.292. The number of imidazole rings is 1. The fourth-order valence-electron chi connectivity index (χ4n) is 3.90. The van der Waals surface area contributed by atoms with Gasteiger partial charge in [-0.05, 0) is 36.4 Å². The van der Waals surface area contributed by atoms with Gasteiger partial charge in [0.05, 0.1) is 24.3 Å². The number of aromatic nitrogens is 2. The Morgan fingerprint density at radius 3 is 2.25 bits per heavy atom. The van der Waals surface area contributed by atoms with Crippen molar-refractivity contribution in [3.8, 4) is 11.4 Å². The van der Waals surface area contributed by atoms with Crippen molar-refractivity contribution in [2.45, 2.75) is 25.0 Å². The molecule has 2 aromatic carbocycles. The molecule has 1 atom stereocenters. The molecule has 0 aliphatic carbocycles. The van der Waals surface area contributed by atoms with Gasteiger partial charge in [-0.3, -0.25) is 14.0 Å². The average molecular weight is 576 g/mol. The molecule has 1 aliphatic rings. The van der Waals surface area contributed by atoms with E-state index < -0.39 is 64.7 Å². The van der Waals surface area contributed by atoms with E-state index in [0.29, 0.717) is 9.47 Å². The summed E-state index contributed by atoms with van der Waals surface area (Å²) in [6.07, 6.45) is -11.7. The second-order valence-electron chi connectivity index (χ2n) is 8.76. The highest BCUT2D eigenvalue weighted by Crippen LogP contribution is 2.44. The molecule has 0 bridgehead atoms. The van der Waals surface area contributed by atoms with Gasteiger partial charge in [-0.2, -0.15) is 26.3 Å². The van der Waals surface area contributed by atoms with Crippen molar-refractivity contribution in [2.24, 2.45) is 0 Å². The van der Waals surface area contributed by atoms with Crippen molar-refractivity contribution in [3.05, 3.63) is 76.2 Å². The summed E-state index contributed by atoms with van der Waals surface area (Å²) in [6, 6.07) is 4.17. The van der Waals surface area contributed by atoms with E-state index in [-0.39, 0.29) is 30.9 Å². The maximum Gasteiger partial charge on any atom is 0.420 e. The van der Waals surface area contributed by atoms with Crippen LogP contribution >= 0.6 is 0 Å². The van der Waals surface area contributed by atoms with Crippen molar-refractivity contribution in [3.63, 3.8) is 0 Å². The number of carbonyl (C=O) groups excluding carboxylic acids is 2. The number of carbonyl (C=O) groups is 2. The lowest BCUT2D eigenvalue weighted by atomic mass is 10.1. The number of rotatable bonds is 5. The Labute approximate surface area is 220 Å². The fourth-order valence-corrected chi connectivity index (χ4v) is 3.90. The highest BCUT2D eigenvalue weighted by Gasteiger charge is 2.42. The smallest absolute Gasteiger partial charge is 0.420 e. The minimum atomic E-state index is -5.45. The van der Waals surface area contributed by atoms with E-state index >= 15 is 0 Å². The predicted molar refractivity (Wildman–Crippen MR) is 124 cm³/mol. The van der Waals surface area contributed by atoms with E-state index in [9.17, 15) is 45.1 Å². The van der Waals surface area contributed by atoms with Crippen LogP contribution in [0.3, 0.4) is 0 Å². The van der Waals surface area contributed by atoms with E-state index in [1.54, 1.807) is 0 Å². The van der Waals surface area contributed by atoms with Gasteiger partial charge in [0.2, 0.25) is 0 Å². The van der Waals surface area contributed by atoms with Crippen LogP contribution in [0.1, 0.15) is 11.1 Å². The number of amides is 2. The van der Waals surface area contributed by atoms with Crippen LogP contribution < -0.4 is 15.3 Å². The zero-order valence-electron chi connectivity index (χ0n) is 20.6. The lowest BCUT2D eigenvalue weighted by molar-refractivity contribution is -0.143. The van der Waals surface area contributed by atoms with E-state index in [0.717, 1.165) is 48.3 Å². The van der Waals surface area contributed by atoms with Crippen molar-refractivity contribution in [2.75, 3.05) is 25.5 Å². The molecular formula is C24H19F7N4O5. The lowest BCUT2D eigenvalue weighted by Crippen LogP contribution is -2.32. The zero-order chi connectivity index (χ0) is 29.6. The first kappa shape index (κ1) is 28.5. The Morgan fingerprint density at radius 1 is 1.05 bits per heavy atom. The summed E-state index contributed by atoms with van der Waals surface area (Å²) in [7, 11) is 2.51. The Morgan fingerprint density at radius 2 is 1.70 bits per heavy atom. The van der Waals surface area contributed by atoms with E-state index in [4.69, 9.17) is 9.47 Å². The van der Waals surface area contributed by atoms with Gasteiger partial charge in [0, 0.05) is 32.2 Å². The Hall–Kier alpha value is -4.50. The molecular weight excluding hydrogens is 557 g/mol. The van der Waals surface area contributed by atoms with Gasteiger partial charge in [0.1, 0.15) is 17.5 Å². The molecule has 3 aromatic rings. The van der Waals surface area contributed by atoms with Gasteiger partial charge in [0.15, 0.2) is 5.75 Å². The Bertz CT molecular complexity index is 1500. The number of nitrogens with zero attached hydrogens (tertiary/aromatic N) is 4. The molecule has 1 aliphatic heterocycles. The van der Waals surface area contributed by atoms with Gasteiger partial charge in [-0.25, -0.2) is 18.8 Å². The first-order chi connectivity index (χ1) is 18.6. The lowest BCUT2D eigenvalue weighted by Gasteiger charge is -2.22. The summed E-state index contributed by atoms with van der Waals surface area (Å²) in [5, 5.41) is 0. The maximum atomic E-state index is 14.0. The minimum Gasteiger partial charge on any atom is -0.442 e. The summed E-state index contributed by atoms with van der Waals surface area (Å²) in [5.74, 6) is -2.04. The molecule has 1 aromatic heterocycles. The number of anilines is 1. The van der Waals surface area contributed by atoms with Crippen molar-refractivity contribution in [1.82, 2.24) is 14.0 Å². The molecule has 4 rings (SSSR count). The van der Waals surface area contributed by atoms with E-state index in [2.05, 4.69) is 0 Å². The van der Waals surface area contributed by atoms with Crippen LogP contribution in [-0.4, -0.2) is 53.0 Å². The number of ether oxygens (including phenoxy) is 2. The largest absolute Gasteiger partial charge is 0.442 e. The third-order valence-electron chi connectivity index (χ3n) is 5.94. The highest BCUT2D eigenvalue weighted by molar-refractivity contribution is 5.89. The van der Waals surface area contributed by atoms with E-state index in [1.807, 2.05) is 0 Å². The number of alkyl halides is 6. The van der Waals surface area contributed by atoms with Gasteiger partial charge in [-0.15, -0.1) is 0 Å². The molecule has 2 amide bonds. The number of hydrogen-bond acceptors (Lipinski definition) is 5. The number of benzene rings is 2. The van der Waals surface area contributed by atoms with Gasteiger partial charge in [-0.1, -0.05) is 0 Å². The van der Waals surface area contributed by atoms with Crippen LogP contribution in [-0.2, 0) is 23.6 Å². The molecule has 2 heterocycles. The second kappa shape index (κ2) is 10.2. The predicted octanol–water partition coefficient (Wildman–Crippen LogP) is 4.90. The quantitative estimate of drug-likeness (QED) is 0.404. The Kier molecular flexibility index (Phi) is 7.30. The first-order valence-corrected chi connectivity index (χ1v) is 11.3. The SMILES string of the molecule is CN1CC(Cn2ccn(-c3cc(C(F)(F)F)cc(C(F)(F)F)c3OC(=O)N(C)c3ccc(F)cc3)c2=O)OC1=O. The summed E-state index contributed by atoms with van der Waals surface area (Å²) in [5.41, 5.74) is -5.85. The molecule has 9 nitrogen and oxygen atoms in total. The molecule has 1 saturated heterocycles. The van der Waals surface area contributed by atoms with Crippen LogP contribution in [0.25, 0.3) is 5.69 Å². The summed E-state index contributed by atoms with van der Waals surface area (Å²) < 4.78 is 108. The molecule has 0 spiro atoms. The summed E-state index contributed by atoms with van der Waals surface area (Å²) >= 11 is 0. The molecule has 1 fully saturated rings. The second-order valence-corrected chi connectivity index (χ2v) is 8.76. The number of halogens is 7.